The SMILES string of the molecule is COc1ccccc1OCC(=O)Nc1cccc(NC(=O)c2ccc(-n3cccn3)nc2)c1. The summed E-state index contributed by atoms with van der Waals surface area (Å²) in [5.41, 5.74) is 1.44. The van der Waals surface area contributed by atoms with E-state index in [0.717, 1.165) is 0 Å². The highest BCUT2D eigenvalue weighted by molar-refractivity contribution is 6.04. The standard InChI is InChI=1S/C24H21N5O4/c1-32-20-8-2-3-9-21(20)33-16-23(30)27-18-6-4-7-19(14-18)28-24(31)17-10-11-22(25-15-17)29-13-5-12-26-29/h2-15H,16H2,1H3,(H,27,30)(H,28,31). The van der Waals surface area contributed by atoms with Crippen molar-refractivity contribution < 1.29 is 19.1 Å². The molecule has 2 aromatic heterocycles. The normalized spacial score (nSPS) is 10.3. The minimum absolute atomic E-state index is 0.189. The number of anilines is 2. The topological polar surface area (TPSA) is 107 Å². The fourth-order valence-corrected chi connectivity index (χ4v) is 3.02. The van der Waals surface area contributed by atoms with Crippen molar-refractivity contribution in [3.8, 4) is 17.3 Å². The van der Waals surface area contributed by atoms with Gasteiger partial charge < -0.3 is 20.1 Å². The zero-order valence-corrected chi connectivity index (χ0v) is 17.8. The van der Waals surface area contributed by atoms with Crippen LogP contribution in [0.25, 0.3) is 5.82 Å². The van der Waals surface area contributed by atoms with E-state index in [0.29, 0.717) is 34.3 Å². The molecule has 0 spiro atoms. The molecule has 0 saturated heterocycles. The predicted molar refractivity (Wildman–Crippen MR) is 123 cm³/mol. The molecule has 0 saturated carbocycles. The second-order valence-corrected chi connectivity index (χ2v) is 6.88. The number of carbonyl (C=O) groups is 2. The van der Waals surface area contributed by atoms with Gasteiger partial charge in [-0.25, -0.2) is 9.67 Å². The maximum atomic E-state index is 12.6. The molecule has 2 amide bonds. The molecule has 0 aliphatic heterocycles. The van der Waals surface area contributed by atoms with Gasteiger partial charge >= 0.3 is 0 Å². The third-order valence-corrected chi connectivity index (χ3v) is 4.58. The Bertz CT molecular complexity index is 1240. The summed E-state index contributed by atoms with van der Waals surface area (Å²) in [7, 11) is 1.53. The van der Waals surface area contributed by atoms with Crippen LogP contribution in [0.15, 0.2) is 85.3 Å². The van der Waals surface area contributed by atoms with Gasteiger partial charge in [0.15, 0.2) is 23.9 Å². The predicted octanol–water partition coefficient (Wildman–Crippen LogP) is 3.55. The van der Waals surface area contributed by atoms with Crippen molar-refractivity contribution >= 4 is 23.2 Å². The third-order valence-electron chi connectivity index (χ3n) is 4.58. The maximum absolute atomic E-state index is 12.6. The number of carbonyl (C=O) groups excluding carboxylic acids is 2. The molecule has 33 heavy (non-hydrogen) atoms. The highest BCUT2D eigenvalue weighted by Gasteiger charge is 2.10. The Balaban J connectivity index is 1.34. The lowest BCUT2D eigenvalue weighted by Crippen LogP contribution is -2.20. The van der Waals surface area contributed by atoms with Crippen molar-refractivity contribution in [1.82, 2.24) is 14.8 Å². The van der Waals surface area contributed by atoms with Gasteiger partial charge in [-0.1, -0.05) is 18.2 Å². The number of benzene rings is 2. The van der Waals surface area contributed by atoms with E-state index in [4.69, 9.17) is 9.47 Å². The first-order valence-corrected chi connectivity index (χ1v) is 10.1. The number of pyridine rings is 1. The van der Waals surface area contributed by atoms with Gasteiger partial charge in [-0.2, -0.15) is 5.10 Å². The van der Waals surface area contributed by atoms with Crippen molar-refractivity contribution in [2.45, 2.75) is 0 Å². The largest absolute Gasteiger partial charge is 0.493 e. The number of hydrogen-bond donors (Lipinski definition) is 2. The Morgan fingerprint density at radius 2 is 1.73 bits per heavy atom. The Kier molecular flexibility index (Phi) is 6.60. The Morgan fingerprint density at radius 1 is 0.939 bits per heavy atom. The van der Waals surface area contributed by atoms with Gasteiger partial charge in [0, 0.05) is 30.0 Å². The van der Waals surface area contributed by atoms with E-state index in [-0.39, 0.29) is 18.4 Å². The van der Waals surface area contributed by atoms with Crippen molar-refractivity contribution in [2.75, 3.05) is 24.4 Å². The molecule has 0 aliphatic rings. The number of rotatable bonds is 8. The number of methoxy groups -OCH3 is 1. The fourth-order valence-electron chi connectivity index (χ4n) is 3.02. The van der Waals surface area contributed by atoms with Crippen LogP contribution in [0.3, 0.4) is 0 Å². The van der Waals surface area contributed by atoms with Crippen LogP contribution in [0.5, 0.6) is 11.5 Å². The average molecular weight is 443 g/mol. The molecule has 0 bridgehead atoms. The minimum Gasteiger partial charge on any atom is -0.493 e. The Morgan fingerprint density at radius 3 is 2.42 bits per heavy atom. The summed E-state index contributed by atoms with van der Waals surface area (Å²) in [6.07, 6.45) is 4.90. The molecule has 9 heteroatoms. The number of aromatic nitrogens is 3. The highest BCUT2D eigenvalue weighted by atomic mass is 16.5. The number of amides is 2. The molecule has 2 heterocycles. The summed E-state index contributed by atoms with van der Waals surface area (Å²) in [6.45, 7) is -0.189. The summed E-state index contributed by atoms with van der Waals surface area (Å²) < 4.78 is 12.3. The van der Waals surface area contributed by atoms with Crippen LogP contribution < -0.4 is 20.1 Å². The van der Waals surface area contributed by atoms with Gasteiger partial charge in [-0.05, 0) is 48.5 Å². The lowest BCUT2D eigenvalue weighted by Gasteiger charge is -2.11. The smallest absolute Gasteiger partial charge is 0.262 e. The molecule has 0 fully saturated rings. The molecule has 0 radical (unpaired) electrons. The first-order chi connectivity index (χ1) is 16.1. The van der Waals surface area contributed by atoms with E-state index in [1.165, 1.54) is 13.3 Å². The average Bonchev–Trinajstić information content (AvgIpc) is 3.38. The van der Waals surface area contributed by atoms with Crippen LogP contribution in [-0.2, 0) is 4.79 Å². The van der Waals surface area contributed by atoms with Crippen molar-refractivity contribution in [1.29, 1.82) is 0 Å². The van der Waals surface area contributed by atoms with E-state index >= 15 is 0 Å². The van der Waals surface area contributed by atoms with Crippen LogP contribution >= 0.6 is 0 Å². The summed E-state index contributed by atoms with van der Waals surface area (Å²) in [4.78, 5) is 29.1. The number of nitrogens with one attached hydrogen (secondary N) is 2. The lowest BCUT2D eigenvalue weighted by atomic mass is 10.2. The molecule has 166 valence electrons. The number of ether oxygens (including phenoxy) is 2. The van der Waals surface area contributed by atoms with Gasteiger partial charge in [0.1, 0.15) is 0 Å². The molecule has 9 nitrogen and oxygen atoms in total. The summed E-state index contributed by atoms with van der Waals surface area (Å²) in [5, 5.41) is 9.65. The maximum Gasteiger partial charge on any atom is 0.262 e. The van der Waals surface area contributed by atoms with Crippen molar-refractivity contribution in [3.63, 3.8) is 0 Å². The van der Waals surface area contributed by atoms with Gasteiger partial charge in [-0.3, -0.25) is 9.59 Å². The Labute approximate surface area is 190 Å². The van der Waals surface area contributed by atoms with Gasteiger partial charge in [0.25, 0.3) is 11.8 Å². The van der Waals surface area contributed by atoms with Gasteiger partial charge in [0.05, 0.1) is 12.7 Å². The molecule has 4 aromatic rings. The van der Waals surface area contributed by atoms with E-state index < -0.39 is 0 Å². The minimum atomic E-state index is -0.345. The van der Waals surface area contributed by atoms with Crippen LogP contribution in [0.4, 0.5) is 11.4 Å². The number of hydrogen-bond acceptors (Lipinski definition) is 6. The van der Waals surface area contributed by atoms with E-state index in [1.807, 2.05) is 6.07 Å². The van der Waals surface area contributed by atoms with E-state index in [2.05, 4.69) is 20.7 Å². The summed E-state index contributed by atoms with van der Waals surface area (Å²) >= 11 is 0. The molecular weight excluding hydrogens is 422 g/mol. The zero-order chi connectivity index (χ0) is 23.0. The first kappa shape index (κ1) is 21.6. The Hall–Kier alpha value is -4.66. The zero-order valence-electron chi connectivity index (χ0n) is 17.8. The monoisotopic (exact) mass is 443 g/mol. The van der Waals surface area contributed by atoms with Crippen LogP contribution in [0.1, 0.15) is 10.4 Å². The first-order valence-electron chi connectivity index (χ1n) is 10.1. The fraction of sp³-hybridized carbons (Fsp3) is 0.0833. The second-order valence-electron chi connectivity index (χ2n) is 6.88. The second kappa shape index (κ2) is 10.1. The van der Waals surface area contributed by atoms with Crippen molar-refractivity contribution in [2.24, 2.45) is 0 Å². The molecule has 2 N–H and O–H groups in total. The molecule has 0 aliphatic carbocycles. The van der Waals surface area contributed by atoms with E-state index in [1.54, 1.807) is 77.7 Å². The van der Waals surface area contributed by atoms with Gasteiger partial charge in [0.2, 0.25) is 0 Å². The molecule has 0 atom stereocenters. The van der Waals surface area contributed by atoms with Crippen LogP contribution in [-0.4, -0.2) is 40.3 Å². The van der Waals surface area contributed by atoms with Crippen LogP contribution in [0, 0.1) is 0 Å². The summed E-state index contributed by atoms with van der Waals surface area (Å²) in [5.74, 6) is 0.961. The molecule has 4 rings (SSSR count). The number of para-hydroxylation sites is 2. The number of nitrogens with zero attached hydrogens (tertiary/aromatic N) is 3. The molecule has 0 unspecified atom stereocenters. The lowest BCUT2D eigenvalue weighted by molar-refractivity contribution is -0.118. The quantitative estimate of drug-likeness (QED) is 0.431. The van der Waals surface area contributed by atoms with Gasteiger partial charge in [-0.15, -0.1) is 0 Å². The van der Waals surface area contributed by atoms with Crippen LogP contribution in [0.2, 0.25) is 0 Å². The van der Waals surface area contributed by atoms with E-state index in [9.17, 15) is 9.59 Å². The molecular formula is C24H21N5O4. The highest BCUT2D eigenvalue weighted by Crippen LogP contribution is 2.25. The summed E-state index contributed by atoms with van der Waals surface area (Å²) in [6, 6.07) is 19.1. The third kappa shape index (κ3) is 5.53. The van der Waals surface area contributed by atoms with Crippen molar-refractivity contribution in [3.05, 3.63) is 90.9 Å². The molecule has 2 aromatic carbocycles.